The topological polar surface area (TPSA) is 98.7 Å². The highest BCUT2D eigenvalue weighted by molar-refractivity contribution is 5.92. The molecule has 0 saturated heterocycles. The van der Waals surface area contributed by atoms with E-state index in [1.54, 1.807) is 12.1 Å². The highest BCUT2D eigenvalue weighted by Gasteiger charge is 2.19. The first-order chi connectivity index (χ1) is 9.43. The Labute approximate surface area is 117 Å². The van der Waals surface area contributed by atoms with E-state index in [9.17, 15) is 9.59 Å². The van der Waals surface area contributed by atoms with Crippen molar-refractivity contribution in [3.8, 4) is 0 Å². The van der Waals surface area contributed by atoms with Gasteiger partial charge in [-0.15, -0.1) is 0 Å². The number of amides is 2. The molecule has 0 bridgehead atoms. The van der Waals surface area contributed by atoms with Crippen LogP contribution in [0.25, 0.3) is 0 Å². The fraction of sp³-hybridized carbons (Fsp3) is 0.429. The van der Waals surface area contributed by atoms with Gasteiger partial charge in [0.05, 0.1) is 0 Å². The molecule has 1 aromatic carbocycles. The van der Waals surface area contributed by atoms with Gasteiger partial charge >= 0.3 is 12.0 Å². The van der Waals surface area contributed by atoms with Crippen LogP contribution in [0.4, 0.5) is 10.5 Å². The van der Waals surface area contributed by atoms with Crippen LogP contribution in [0.15, 0.2) is 24.3 Å². The van der Waals surface area contributed by atoms with Crippen LogP contribution in [-0.4, -0.2) is 34.9 Å². The molecule has 1 aromatic rings. The van der Waals surface area contributed by atoms with Crippen LogP contribution in [0.2, 0.25) is 0 Å². The Hall–Kier alpha value is -2.08. The normalized spacial score (nSPS) is 12.0. The average molecular weight is 280 g/mol. The third kappa shape index (κ3) is 4.89. The minimum Gasteiger partial charge on any atom is -0.480 e. The number of aliphatic hydroxyl groups excluding tert-OH is 1. The van der Waals surface area contributed by atoms with Gasteiger partial charge in [0.25, 0.3) is 0 Å². The molecule has 0 heterocycles. The Balaban J connectivity index is 2.59. The molecule has 0 spiro atoms. The quantitative estimate of drug-likeness (QED) is 0.638. The number of carbonyl (C=O) groups excluding carboxylic acids is 1. The van der Waals surface area contributed by atoms with Crippen molar-refractivity contribution in [3.63, 3.8) is 0 Å². The van der Waals surface area contributed by atoms with Gasteiger partial charge in [-0.2, -0.15) is 0 Å². The molecule has 4 N–H and O–H groups in total. The number of aliphatic carboxylic acids is 1. The molecule has 2 amide bonds. The third-order valence-corrected chi connectivity index (χ3v) is 2.86. The summed E-state index contributed by atoms with van der Waals surface area (Å²) in [6.45, 7) is 3.84. The number of carboxylic acids is 1. The fourth-order valence-corrected chi connectivity index (χ4v) is 1.66. The van der Waals surface area contributed by atoms with Crippen molar-refractivity contribution in [1.29, 1.82) is 0 Å². The molecule has 0 aliphatic heterocycles. The zero-order valence-electron chi connectivity index (χ0n) is 11.6. The van der Waals surface area contributed by atoms with Gasteiger partial charge in [0.15, 0.2) is 0 Å². The Morgan fingerprint density at radius 2 is 1.80 bits per heavy atom. The summed E-state index contributed by atoms with van der Waals surface area (Å²) < 4.78 is 0. The van der Waals surface area contributed by atoms with E-state index in [0.29, 0.717) is 11.6 Å². The Morgan fingerprint density at radius 1 is 1.20 bits per heavy atom. The maximum atomic E-state index is 11.7. The molecule has 20 heavy (non-hydrogen) atoms. The van der Waals surface area contributed by atoms with E-state index in [1.165, 1.54) is 0 Å². The van der Waals surface area contributed by atoms with Crippen LogP contribution in [0.3, 0.4) is 0 Å². The summed E-state index contributed by atoms with van der Waals surface area (Å²) in [7, 11) is 0. The summed E-state index contributed by atoms with van der Waals surface area (Å²) in [5.41, 5.74) is 1.74. The van der Waals surface area contributed by atoms with Crippen LogP contribution < -0.4 is 10.6 Å². The lowest BCUT2D eigenvalue weighted by Crippen LogP contribution is -2.43. The van der Waals surface area contributed by atoms with Gasteiger partial charge < -0.3 is 20.8 Å². The van der Waals surface area contributed by atoms with Crippen molar-refractivity contribution in [2.45, 2.75) is 32.2 Å². The zero-order chi connectivity index (χ0) is 15.1. The smallest absolute Gasteiger partial charge is 0.326 e. The molecule has 0 aliphatic rings. The van der Waals surface area contributed by atoms with Gasteiger partial charge in [-0.25, -0.2) is 9.59 Å². The lowest BCUT2D eigenvalue weighted by molar-refractivity contribution is -0.139. The van der Waals surface area contributed by atoms with E-state index in [-0.39, 0.29) is 13.0 Å². The highest BCUT2D eigenvalue weighted by atomic mass is 16.4. The molecule has 110 valence electrons. The molecule has 0 aliphatic carbocycles. The Morgan fingerprint density at radius 3 is 2.25 bits per heavy atom. The summed E-state index contributed by atoms with van der Waals surface area (Å²) in [6.07, 6.45) is -0.0327. The number of hydrogen-bond acceptors (Lipinski definition) is 3. The zero-order valence-corrected chi connectivity index (χ0v) is 11.6. The van der Waals surface area contributed by atoms with Gasteiger partial charge in [-0.05, 0) is 23.6 Å². The lowest BCUT2D eigenvalue weighted by Gasteiger charge is -2.14. The minimum absolute atomic E-state index is 0.0327. The van der Waals surface area contributed by atoms with E-state index in [2.05, 4.69) is 24.5 Å². The van der Waals surface area contributed by atoms with Gasteiger partial charge in [0.2, 0.25) is 0 Å². The first-order valence-corrected chi connectivity index (χ1v) is 6.45. The molecular weight excluding hydrogens is 260 g/mol. The maximum Gasteiger partial charge on any atom is 0.326 e. The molecule has 1 atom stereocenters. The number of anilines is 1. The third-order valence-electron chi connectivity index (χ3n) is 2.86. The number of carboxylic acid groups (broad SMARTS) is 1. The lowest BCUT2D eigenvalue weighted by atomic mass is 10.0. The van der Waals surface area contributed by atoms with Crippen LogP contribution >= 0.6 is 0 Å². The van der Waals surface area contributed by atoms with Crippen molar-refractivity contribution in [3.05, 3.63) is 29.8 Å². The summed E-state index contributed by atoms with van der Waals surface area (Å²) in [5, 5.41) is 22.4. The van der Waals surface area contributed by atoms with Crippen molar-refractivity contribution in [1.82, 2.24) is 5.32 Å². The molecule has 0 unspecified atom stereocenters. The molecule has 1 rings (SSSR count). The molecule has 0 saturated carbocycles. The molecule has 6 heteroatoms. The van der Waals surface area contributed by atoms with Crippen molar-refractivity contribution in [2.24, 2.45) is 0 Å². The van der Waals surface area contributed by atoms with Crippen LogP contribution in [0.5, 0.6) is 0 Å². The van der Waals surface area contributed by atoms with Gasteiger partial charge in [-0.3, -0.25) is 0 Å². The molecule has 0 aromatic heterocycles. The number of aliphatic hydroxyl groups is 1. The van der Waals surface area contributed by atoms with Gasteiger partial charge in [0.1, 0.15) is 6.04 Å². The number of rotatable bonds is 6. The van der Waals surface area contributed by atoms with Crippen LogP contribution in [0.1, 0.15) is 31.7 Å². The second-order valence-corrected chi connectivity index (χ2v) is 4.78. The molecule has 0 fully saturated rings. The number of benzene rings is 1. The number of nitrogens with one attached hydrogen (secondary N) is 2. The first kappa shape index (κ1) is 16.0. The maximum absolute atomic E-state index is 11.7. The van der Waals surface area contributed by atoms with Crippen LogP contribution in [-0.2, 0) is 4.79 Å². The number of urea groups is 1. The average Bonchev–Trinajstić information content (AvgIpc) is 2.38. The van der Waals surface area contributed by atoms with E-state index < -0.39 is 18.0 Å². The fourth-order valence-electron chi connectivity index (χ4n) is 1.66. The predicted molar refractivity (Wildman–Crippen MR) is 75.8 cm³/mol. The standard InChI is InChI=1S/C14H20N2O4/c1-9(2)10-3-5-11(6-4-10)15-14(20)16-12(7-8-17)13(18)19/h3-6,9,12,17H,7-8H2,1-2H3,(H,18,19)(H2,15,16,20)/t12-/m1/s1. The van der Waals surface area contributed by atoms with E-state index in [1.807, 2.05) is 12.1 Å². The van der Waals surface area contributed by atoms with E-state index >= 15 is 0 Å². The SMILES string of the molecule is CC(C)c1ccc(NC(=O)N[C@H](CCO)C(=O)O)cc1. The summed E-state index contributed by atoms with van der Waals surface area (Å²) >= 11 is 0. The first-order valence-electron chi connectivity index (χ1n) is 6.45. The Bertz CT molecular complexity index is 457. The molecule has 0 radical (unpaired) electrons. The second-order valence-electron chi connectivity index (χ2n) is 4.78. The van der Waals surface area contributed by atoms with E-state index in [0.717, 1.165) is 5.56 Å². The Kier molecular flexibility index (Phi) is 5.99. The monoisotopic (exact) mass is 280 g/mol. The number of hydrogen-bond donors (Lipinski definition) is 4. The van der Waals surface area contributed by atoms with Crippen molar-refractivity contribution >= 4 is 17.7 Å². The summed E-state index contributed by atoms with van der Waals surface area (Å²) in [6, 6.07) is 5.62. The van der Waals surface area contributed by atoms with Gasteiger partial charge in [-0.1, -0.05) is 26.0 Å². The molecule has 6 nitrogen and oxygen atoms in total. The molecular formula is C14H20N2O4. The summed E-state index contributed by atoms with van der Waals surface area (Å²) in [4.78, 5) is 22.5. The minimum atomic E-state index is -1.18. The summed E-state index contributed by atoms with van der Waals surface area (Å²) in [5.74, 6) is -0.775. The highest BCUT2D eigenvalue weighted by Crippen LogP contribution is 2.16. The van der Waals surface area contributed by atoms with E-state index in [4.69, 9.17) is 10.2 Å². The predicted octanol–water partition coefficient (Wildman–Crippen LogP) is 1.77. The largest absolute Gasteiger partial charge is 0.480 e. The number of carbonyl (C=O) groups is 2. The van der Waals surface area contributed by atoms with Crippen molar-refractivity contribution in [2.75, 3.05) is 11.9 Å². The second kappa shape index (κ2) is 7.49. The van der Waals surface area contributed by atoms with Crippen LogP contribution in [0, 0.1) is 0 Å². The van der Waals surface area contributed by atoms with Gasteiger partial charge in [0, 0.05) is 18.7 Å². The van der Waals surface area contributed by atoms with Crippen molar-refractivity contribution < 1.29 is 19.8 Å².